The fraction of sp³-hybridized carbons (Fsp3) is 0.350. The third-order valence-corrected chi connectivity index (χ3v) is 4.27. The van der Waals surface area contributed by atoms with Crippen molar-refractivity contribution in [1.29, 1.82) is 0 Å². The highest BCUT2D eigenvalue weighted by molar-refractivity contribution is 5.80. The van der Waals surface area contributed by atoms with Gasteiger partial charge in [0.1, 0.15) is 0 Å². The molecule has 6 nitrogen and oxygen atoms in total. The van der Waals surface area contributed by atoms with Gasteiger partial charge in [0.15, 0.2) is 11.9 Å². The SMILES string of the molecule is CC[C@@H](CNC(=O)[C@H](C)Oc1ccc(C)cc1[N+](=O)[O-])c1ccccc1. The monoisotopic (exact) mass is 356 g/mol. The Labute approximate surface area is 153 Å². The molecule has 2 atom stereocenters. The summed E-state index contributed by atoms with van der Waals surface area (Å²) in [5.74, 6) is 0.00802. The van der Waals surface area contributed by atoms with Crippen molar-refractivity contribution in [3.05, 3.63) is 69.8 Å². The lowest BCUT2D eigenvalue weighted by atomic mass is 9.96. The minimum Gasteiger partial charge on any atom is -0.474 e. The fourth-order valence-corrected chi connectivity index (χ4v) is 2.70. The molecule has 0 aliphatic rings. The van der Waals surface area contributed by atoms with E-state index < -0.39 is 11.0 Å². The minimum atomic E-state index is -0.829. The molecular formula is C20H24N2O4. The van der Waals surface area contributed by atoms with Crippen molar-refractivity contribution >= 4 is 11.6 Å². The van der Waals surface area contributed by atoms with Crippen LogP contribution in [-0.4, -0.2) is 23.5 Å². The second kappa shape index (κ2) is 8.99. The summed E-state index contributed by atoms with van der Waals surface area (Å²) in [4.78, 5) is 23.0. The van der Waals surface area contributed by atoms with Crippen molar-refractivity contribution in [2.45, 2.75) is 39.2 Å². The molecule has 0 bridgehead atoms. The molecule has 1 N–H and O–H groups in total. The molecule has 0 aliphatic carbocycles. The number of carbonyl (C=O) groups excluding carboxylic acids is 1. The molecule has 0 aromatic heterocycles. The lowest BCUT2D eigenvalue weighted by Gasteiger charge is -2.19. The van der Waals surface area contributed by atoms with Gasteiger partial charge in [-0.1, -0.05) is 43.3 Å². The number of nitrogens with zero attached hydrogens (tertiary/aromatic N) is 1. The predicted octanol–water partition coefficient (Wildman–Crippen LogP) is 3.98. The molecule has 0 aliphatic heterocycles. The maximum Gasteiger partial charge on any atom is 0.311 e. The first-order valence-electron chi connectivity index (χ1n) is 8.66. The highest BCUT2D eigenvalue weighted by Crippen LogP contribution is 2.28. The van der Waals surface area contributed by atoms with Crippen molar-refractivity contribution in [2.75, 3.05) is 6.54 Å². The third-order valence-electron chi connectivity index (χ3n) is 4.27. The molecule has 2 aromatic rings. The number of hydrogen-bond acceptors (Lipinski definition) is 4. The van der Waals surface area contributed by atoms with Crippen LogP contribution in [0.3, 0.4) is 0 Å². The summed E-state index contributed by atoms with van der Waals surface area (Å²) in [6.07, 6.45) is 0.0628. The Balaban J connectivity index is 1.99. The smallest absolute Gasteiger partial charge is 0.311 e. The Bertz CT molecular complexity index is 762. The molecule has 0 heterocycles. The van der Waals surface area contributed by atoms with E-state index in [0.29, 0.717) is 6.54 Å². The number of benzene rings is 2. The van der Waals surface area contributed by atoms with E-state index >= 15 is 0 Å². The van der Waals surface area contributed by atoms with Crippen LogP contribution in [0.25, 0.3) is 0 Å². The van der Waals surface area contributed by atoms with Crippen LogP contribution in [0.15, 0.2) is 48.5 Å². The summed E-state index contributed by atoms with van der Waals surface area (Å²) >= 11 is 0. The lowest BCUT2D eigenvalue weighted by molar-refractivity contribution is -0.386. The number of nitro groups is 1. The number of nitro benzene ring substituents is 1. The highest BCUT2D eigenvalue weighted by atomic mass is 16.6. The number of rotatable bonds is 8. The Hall–Kier alpha value is -2.89. The first-order chi connectivity index (χ1) is 12.4. The maximum atomic E-state index is 12.3. The molecule has 6 heteroatoms. The highest BCUT2D eigenvalue weighted by Gasteiger charge is 2.22. The predicted molar refractivity (Wildman–Crippen MR) is 100 cm³/mol. The molecule has 0 radical (unpaired) electrons. The molecule has 0 fully saturated rings. The van der Waals surface area contributed by atoms with Gasteiger partial charge in [0.25, 0.3) is 5.91 Å². The number of amides is 1. The molecule has 2 rings (SSSR count). The van der Waals surface area contributed by atoms with Crippen molar-refractivity contribution < 1.29 is 14.5 Å². The number of ether oxygens (including phenoxy) is 1. The second-order valence-corrected chi connectivity index (χ2v) is 6.25. The summed E-state index contributed by atoms with van der Waals surface area (Å²) in [6, 6.07) is 14.7. The zero-order chi connectivity index (χ0) is 19.1. The van der Waals surface area contributed by atoms with Gasteiger partial charge < -0.3 is 10.1 Å². The number of aryl methyl sites for hydroxylation is 1. The van der Waals surface area contributed by atoms with Gasteiger partial charge in [-0.25, -0.2) is 0 Å². The van der Waals surface area contributed by atoms with E-state index in [4.69, 9.17) is 4.74 Å². The van der Waals surface area contributed by atoms with Crippen LogP contribution in [0.5, 0.6) is 5.75 Å². The van der Waals surface area contributed by atoms with Crippen LogP contribution in [0.4, 0.5) is 5.69 Å². The van der Waals surface area contributed by atoms with E-state index in [2.05, 4.69) is 12.2 Å². The van der Waals surface area contributed by atoms with E-state index in [0.717, 1.165) is 17.5 Å². The van der Waals surface area contributed by atoms with Crippen molar-refractivity contribution in [1.82, 2.24) is 5.32 Å². The van der Waals surface area contributed by atoms with Crippen LogP contribution in [0, 0.1) is 17.0 Å². The first-order valence-corrected chi connectivity index (χ1v) is 8.66. The second-order valence-electron chi connectivity index (χ2n) is 6.25. The van der Waals surface area contributed by atoms with Gasteiger partial charge >= 0.3 is 5.69 Å². The number of nitrogens with one attached hydrogen (secondary N) is 1. The Kier molecular flexibility index (Phi) is 6.72. The molecule has 0 saturated carbocycles. The van der Waals surface area contributed by atoms with E-state index in [9.17, 15) is 14.9 Å². The fourth-order valence-electron chi connectivity index (χ4n) is 2.70. The molecule has 0 saturated heterocycles. The number of hydrogen-bond donors (Lipinski definition) is 1. The lowest BCUT2D eigenvalue weighted by Crippen LogP contribution is -2.38. The maximum absolute atomic E-state index is 12.3. The topological polar surface area (TPSA) is 81.5 Å². The summed E-state index contributed by atoms with van der Waals surface area (Å²) in [5.41, 5.74) is 1.79. The average molecular weight is 356 g/mol. The van der Waals surface area contributed by atoms with Gasteiger partial charge in [0, 0.05) is 18.5 Å². The van der Waals surface area contributed by atoms with Crippen LogP contribution in [0.2, 0.25) is 0 Å². The van der Waals surface area contributed by atoms with Crippen LogP contribution in [-0.2, 0) is 4.79 Å². The zero-order valence-corrected chi connectivity index (χ0v) is 15.3. The summed E-state index contributed by atoms with van der Waals surface area (Å²) in [5, 5.41) is 14.0. The number of carbonyl (C=O) groups is 1. The average Bonchev–Trinajstić information content (AvgIpc) is 2.64. The summed E-state index contributed by atoms with van der Waals surface area (Å²) in [7, 11) is 0. The van der Waals surface area contributed by atoms with Crippen molar-refractivity contribution in [2.24, 2.45) is 0 Å². The van der Waals surface area contributed by atoms with Gasteiger partial charge in [-0.05, 0) is 37.5 Å². The van der Waals surface area contributed by atoms with E-state index in [1.54, 1.807) is 19.9 Å². The third kappa shape index (κ3) is 5.05. The van der Waals surface area contributed by atoms with Gasteiger partial charge in [0.2, 0.25) is 0 Å². The van der Waals surface area contributed by atoms with E-state index in [1.807, 2.05) is 30.3 Å². The normalized spacial score (nSPS) is 12.9. The van der Waals surface area contributed by atoms with Crippen molar-refractivity contribution in [3.8, 4) is 5.75 Å². The molecule has 138 valence electrons. The van der Waals surface area contributed by atoms with Crippen molar-refractivity contribution in [3.63, 3.8) is 0 Å². The van der Waals surface area contributed by atoms with Gasteiger partial charge in [0.05, 0.1) is 4.92 Å². The van der Waals surface area contributed by atoms with E-state index in [1.165, 1.54) is 12.1 Å². The van der Waals surface area contributed by atoms with E-state index in [-0.39, 0.29) is 23.3 Å². The van der Waals surface area contributed by atoms with Crippen LogP contribution < -0.4 is 10.1 Å². The molecule has 1 amide bonds. The molecule has 26 heavy (non-hydrogen) atoms. The quantitative estimate of drug-likeness (QED) is 0.573. The van der Waals surface area contributed by atoms with Gasteiger partial charge in [-0.15, -0.1) is 0 Å². The van der Waals surface area contributed by atoms with Gasteiger partial charge in [-0.2, -0.15) is 0 Å². The Morgan fingerprint density at radius 3 is 2.54 bits per heavy atom. The summed E-state index contributed by atoms with van der Waals surface area (Å²) < 4.78 is 5.54. The minimum absolute atomic E-state index is 0.0957. The summed E-state index contributed by atoms with van der Waals surface area (Å²) in [6.45, 7) is 5.91. The molecule has 0 spiro atoms. The standard InChI is InChI=1S/C20H24N2O4/c1-4-16(17-8-6-5-7-9-17)13-21-20(23)15(3)26-19-11-10-14(2)12-18(19)22(24)25/h5-12,15-16H,4,13H2,1-3H3,(H,21,23)/t15-,16-/m0/s1. The van der Waals surface area contributed by atoms with Crippen LogP contribution in [0.1, 0.15) is 37.3 Å². The molecular weight excluding hydrogens is 332 g/mol. The molecule has 2 aromatic carbocycles. The molecule has 0 unspecified atom stereocenters. The van der Waals surface area contributed by atoms with Gasteiger partial charge in [-0.3, -0.25) is 14.9 Å². The Morgan fingerprint density at radius 1 is 1.23 bits per heavy atom. The Morgan fingerprint density at radius 2 is 1.92 bits per heavy atom. The zero-order valence-electron chi connectivity index (χ0n) is 15.3. The van der Waals surface area contributed by atoms with Crippen LogP contribution >= 0.6 is 0 Å². The largest absolute Gasteiger partial charge is 0.474 e. The first kappa shape index (κ1) is 19.4.